The maximum absolute atomic E-state index is 13.4. The molecule has 0 fully saturated rings. The number of carbonyl (C=O) groups is 1. The number of aryl methyl sites for hydroxylation is 2. The van der Waals surface area contributed by atoms with Gasteiger partial charge in [-0.25, -0.2) is 24.4 Å². The van der Waals surface area contributed by atoms with Crippen molar-refractivity contribution in [2.24, 2.45) is 0 Å². The van der Waals surface area contributed by atoms with E-state index in [9.17, 15) is 22.4 Å². The van der Waals surface area contributed by atoms with Crippen LogP contribution in [0.4, 0.5) is 29.2 Å². The predicted molar refractivity (Wildman–Crippen MR) is 149 cm³/mol. The van der Waals surface area contributed by atoms with Gasteiger partial charge in [0.25, 0.3) is 0 Å². The van der Waals surface area contributed by atoms with Crippen molar-refractivity contribution in [3.63, 3.8) is 0 Å². The summed E-state index contributed by atoms with van der Waals surface area (Å²) >= 11 is 0. The van der Waals surface area contributed by atoms with Crippen LogP contribution in [0.5, 0.6) is 5.75 Å². The molecule has 0 saturated carbocycles. The number of carboxylic acid groups (broad SMARTS) is 1. The number of fused-ring (bicyclic) bond motifs is 1. The summed E-state index contributed by atoms with van der Waals surface area (Å²) in [5, 5.41) is 15.9. The first kappa shape index (κ1) is 30.9. The first-order chi connectivity index (χ1) is 20.2. The molecular weight excluding hydrogens is 556 g/mol. The number of anilines is 2. The van der Waals surface area contributed by atoms with Crippen molar-refractivity contribution < 1.29 is 32.2 Å². The van der Waals surface area contributed by atoms with Crippen LogP contribution < -0.4 is 15.1 Å². The summed E-state index contributed by atoms with van der Waals surface area (Å²) in [5.74, 6) is -1.31. The van der Waals surface area contributed by atoms with Crippen LogP contribution in [0.25, 0.3) is 0 Å². The highest BCUT2D eigenvalue weighted by Gasteiger charge is 2.35. The number of halogens is 4. The van der Waals surface area contributed by atoms with E-state index >= 15 is 0 Å². The molecule has 0 spiro atoms. The zero-order valence-corrected chi connectivity index (χ0v) is 23.1. The fourth-order valence-corrected chi connectivity index (χ4v) is 4.67. The van der Waals surface area contributed by atoms with Crippen LogP contribution in [-0.4, -0.2) is 63.8 Å². The summed E-state index contributed by atoms with van der Waals surface area (Å²) in [7, 11) is 0. The SMILES string of the molecule is O=C(O)CCCN(c1ccnc(C(F)(F)F)n1)N(CCCCc1ccc2c(n1)NCCC2)CCOc1ccc(F)cc1. The number of unbranched alkanes of at least 4 members (excludes halogenated alkanes) is 1. The van der Waals surface area contributed by atoms with E-state index < -0.39 is 23.8 Å². The maximum atomic E-state index is 13.4. The molecule has 42 heavy (non-hydrogen) atoms. The number of rotatable bonds is 15. The molecule has 1 aromatic carbocycles. The molecule has 13 heteroatoms. The molecule has 9 nitrogen and oxygen atoms in total. The molecule has 1 aliphatic rings. The highest BCUT2D eigenvalue weighted by Crippen LogP contribution is 2.28. The minimum absolute atomic E-state index is 0.00641. The van der Waals surface area contributed by atoms with Gasteiger partial charge in [0, 0.05) is 44.0 Å². The van der Waals surface area contributed by atoms with Crippen LogP contribution in [0.1, 0.15) is 49.2 Å². The Kier molecular flexibility index (Phi) is 10.9. The lowest BCUT2D eigenvalue weighted by Gasteiger charge is -2.36. The average Bonchev–Trinajstić information content (AvgIpc) is 2.97. The topological polar surface area (TPSA) is 104 Å². The van der Waals surface area contributed by atoms with Crippen LogP contribution in [0.15, 0.2) is 48.7 Å². The van der Waals surface area contributed by atoms with Gasteiger partial charge < -0.3 is 15.2 Å². The minimum atomic E-state index is -4.74. The van der Waals surface area contributed by atoms with Gasteiger partial charge in [0.05, 0.1) is 6.54 Å². The summed E-state index contributed by atoms with van der Waals surface area (Å²) in [4.78, 5) is 23.1. The standard InChI is InChI=1S/C29H34F4N6O3/c30-22-9-12-24(13-10-22)42-20-19-38(17-2-1-6-23-11-8-21-5-3-15-34-27(21)36-23)39(18-4-7-26(40)41)25-14-16-35-28(37-25)29(31,32)33/h8-14,16H,1-7,15,17-20H2,(H,34,36)(H,40,41). The monoisotopic (exact) mass is 590 g/mol. The van der Waals surface area contributed by atoms with Gasteiger partial charge in [-0.1, -0.05) is 6.07 Å². The summed E-state index contributed by atoms with van der Waals surface area (Å²) in [6, 6.07) is 11.0. The molecule has 3 aromatic rings. The second kappa shape index (κ2) is 14.8. The van der Waals surface area contributed by atoms with Gasteiger partial charge in [0.2, 0.25) is 5.82 Å². The number of alkyl halides is 3. The Labute approximate surface area is 241 Å². The third-order valence-corrected chi connectivity index (χ3v) is 6.74. The fraction of sp³-hybridized carbons (Fsp3) is 0.448. The number of aromatic nitrogens is 3. The first-order valence-corrected chi connectivity index (χ1v) is 13.9. The Balaban J connectivity index is 1.48. The van der Waals surface area contributed by atoms with Crippen molar-refractivity contribution in [2.45, 2.75) is 51.1 Å². The van der Waals surface area contributed by atoms with Gasteiger partial charge in [0.1, 0.15) is 29.8 Å². The van der Waals surface area contributed by atoms with E-state index in [1.807, 2.05) is 11.1 Å². The average molecular weight is 591 g/mol. The number of benzene rings is 1. The molecule has 4 rings (SSSR count). The lowest BCUT2D eigenvalue weighted by molar-refractivity contribution is -0.145. The molecule has 226 valence electrons. The number of pyridine rings is 1. The molecule has 1 aliphatic heterocycles. The normalized spacial score (nSPS) is 13.0. The number of nitrogens with one attached hydrogen (secondary N) is 1. The van der Waals surface area contributed by atoms with Crippen LogP contribution in [-0.2, 0) is 23.8 Å². The van der Waals surface area contributed by atoms with E-state index in [4.69, 9.17) is 14.8 Å². The Morgan fingerprint density at radius 2 is 1.81 bits per heavy atom. The largest absolute Gasteiger partial charge is 0.492 e. The molecular formula is C29H34F4N6O3. The summed E-state index contributed by atoms with van der Waals surface area (Å²) in [5.41, 5.74) is 2.16. The van der Waals surface area contributed by atoms with Crippen LogP contribution in [0.2, 0.25) is 0 Å². The molecule has 0 amide bonds. The van der Waals surface area contributed by atoms with Gasteiger partial charge in [-0.15, -0.1) is 0 Å². The Hall–Kier alpha value is -4.00. The van der Waals surface area contributed by atoms with Crippen molar-refractivity contribution in [1.82, 2.24) is 20.0 Å². The zero-order chi connectivity index (χ0) is 30.0. The number of hydrogen-bond acceptors (Lipinski definition) is 8. The smallest absolute Gasteiger partial charge is 0.451 e. The van der Waals surface area contributed by atoms with Crippen LogP contribution in [0, 0.1) is 5.82 Å². The lowest BCUT2D eigenvalue weighted by atomic mass is 10.1. The van der Waals surface area contributed by atoms with E-state index in [2.05, 4.69) is 21.4 Å². The zero-order valence-electron chi connectivity index (χ0n) is 23.1. The maximum Gasteiger partial charge on any atom is 0.451 e. The fourth-order valence-electron chi connectivity index (χ4n) is 4.67. The number of carboxylic acids is 1. The summed E-state index contributed by atoms with van der Waals surface area (Å²) < 4.78 is 59.4. The van der Waals surface area contributed by atoms with E-state index in [1.165, 1.54) is 35.9 Å². The first-order valence-electron chi connectivity index (χ1n) is 13.9. The highest BCUT2D eigenvalue weighted by atomic mass is 19.4. The summed E-state index contributed by atoms with van der Waals surface area (Å²) in [6.45, 7) is 1.87. The van der Waals surface area contributed by atoms with Crippen molar-refractivity contribution in [2.75, 3.05) is 43.1 Å². The second-order valence-corrected chi connectivity index (χ2v) is 9.91. The molecule has 0 atom stereocenters. The van der Waals surface area contributed by atoms with Crippen molar-refractivity contribution in [3.05, 3.63) is 71.6 Å². The Bertz CT molecular complexity index is 1310. The van der Waals surface area contributed by atoms with Gasteiger partial charge in [0.15, 0.2) is 0 Å². The van der Waals surface area contributed by atoms with E-state index in [0.717, 1.165) is 49.9 Å². The van der Waals surface area contributed by atoms with Crippen LogP contribution in [0.3, 0.4) is 0 Å². The van der Waals surface area contributed by atoms with E-state index in [0.29, 0.717) is 18.7 Å². The quantitative estimate of drug-likeness (QED) is 0.137. The number of hydrazine groups is 1. The molecule has 3 heterocycles. The minimum Gasteiger partial charge on any atom is -0.492 e. The van der Waals surface area contributed by atoms with E-state index in [-0.39, 0.29) is 38.4 Å². The van der Waals surface area contributed by atoms with E-state index in [1.54, 1.807) is 5.01 Å². The lowest BCUT2D eigenvalue weighted by Crippen LogP contribution is -2.47. The van der Waals surface area contributed by atoms with Gasteiger partial charge in [-0.3, -0.25) is 9.80 Å². The number of nitrogens with zero attached hydrogens (tertiary/aromatic N) is 5. The highest BCUT2D eigenvalue weighted by molar-refractivity contribution is 5.66. The molecule has 0 saturated heterocycles. The van der Waals surface area contributed by atoms with Crippen LogP contribution >= 0.6 is 0 Å². The molecule has 0 unspecified atom stereocenters. The third-order valence-electron chi connectivity index (χ3n) is 6.74. The number of ether oxygens (including phenoxy) is 1. The van der Waals surface area contributed by atoms with Gasteiger partial charge >= 0.3 is 12.1 Å². The molecule has 0 aliphatic carbocycles. The summed E-state index contributed by atoms with van der Waals surface area (Å²) in [6.07, 6.45) is 0.564. The number of aliphatic carboxylic acids is 1. The number of hydrogen-bond donors (Lipinski definition) is 2. The second-order valence-electron chi connectivity index (χ2n) is 9.91. The third kappa shape index (κ3) is 9.26. The molecule has 0 radical (unpaired) electrons. The Morgan fingerprint density at radius 1 is 1.00 bits per heavy atom. The van der Waals surface area contributed by atoms with Crippen molar-refractivity contribution >= 4 is 17.6 Å². The predicted octanol–water partition coefficient (Wildman–Crippen LogP) is 5.38. The van der Waals surface area contributed by atoms with Crippen molar-refractivity contribution in [1.29, 1.82) is 0 Å². The van der Waals surface area contributed by atoms with Gasteiger partial charge in [-0.2, -0.15) is 13.2 Å². The van der Waals surface area contributed by atoms with Crippen molar-refractivity contribution in [3.8, 4) is 5.75 Å². The van der Waals surface area contributed by atoms with Gasteiger partial charge in [-0.05, 0) is 74.4 Å². The molecule has 0 bridgehead atoms. The molecule has 2 N–H and O–H groups in total. The molecule has 2 aromatic heterocycles. The Morgan fingerprint density at radius 3 is 2.57 bits per heavy atom.